The van der Waals surface area contributed by atoms with E-state index in [0.29, 0.717) is 22.9 Å². The highest BCUT2D eigenvalue weighted by atomic mass is 16.5. The highest BCUT2D eigenvalue weighted by Crippen LogP contribution is 2.33. The first-order chi connectivity index (χ1) is 16.3. The van der Waals surface area contributed by atoms with Crippen molar-refractivity contribution in [1.82, 2.24) is 15.0 Å². The summed E-state index contributed by atoms with van der Waals surface area (Å²) in [5, 5.41) is 24.1. The molecule has 2 aromatic heterocycles. The van der Waals surface area contributed by atoms with Crippen LogP contribution in [0.1, 0.15) is 12.8 Å². The number of nitrogens with one attached hydrogen (secondary N) is 2. The van der Waals surface area contributed by atoms with Gasteiger partial charge in [-0.1, -0.05) is 0 Å². The molecular formula is C22H25N5O7. The highest BCUT2D eigenvalue weighted by molar-refractivity contribution is 5.94. The molecule has 1 aliphatic heterocycles. The molecule has 1 aromatic carbocycles. The topological polar surface area (TPSA) is 159 Å². The van der Waals surface area contributed by atoms with Gasteiger partial charge in [0.05, 0.1) is 27.0 Å². The van der Waals surface area contributed by atoms with Crippen LogP contribution in [0.3, 0.4) is 0 Å². The van der Waals surface area contributed by atoms with Crippen LogP contribution >= 0.6 is 0 Å². The van der Waals surface area contributed by atoms with Crippen molar-refractivity contribution in [3.63, 3.8) is 0 Å². The molecule has 12 nitrogen and oxygen atoms in total. The lowest BCUT2D eigenvalue weighted by atomic mass is 9.92. The lowest BCUT2D eigenvalue weighted by Crippen LogP contribution is -2.50. The van der Waals surface area contributed by atoms with Gasteiger partial charge in [0.25, 0.3) is 5.56 Å². The third-order valence-corrected chi connectivity index (χ3v) is 5.78. The van der Waals surface area contributed by atoms with Crippen LogP contribution in [0.15, 0.2) is 29.2 Å². The monoisotopic (exact) mass is 471 g/mol. The van der Waals surface area contributed by atoms with Crippen molar-refractivity contribution in [2.24, 2.45) is 0 Å². The van der Waals surface area contributed by atoms with E-state index in [2.05, 4.69) is 25.0 Å². The van der Waals surface area contributed by atoms with Crippen molar-refractivity contribution in [1.29, 1.82) is 0 Å². The van der Waals surface area contributed by atoms with Gasteiger partial charge in [-0.25, -0.2) is 9.78 Å². The van der Waals surface area contributed by atoms with Gasteiger partial charge in [0.2, 0.25) is 11.8 Å². The molecule has 12 heteroatoms. The first-order valence-corrected chi connectivity index (χ1v) is 10.5. The fourth-order valence-corrected chi connectivity index (χ4v) is 3.86. The van der Waals surface area contributed by atoms with Crippen molar-refractivity contribution < 1.29 is 29.2 Å². The van der Waals surface area contributed by atoms with Crippen LogP contribution in [-0.4, -0.2) is 71.2 Å². The molecule has 0 radical (unpaired) electrons. The van der Waals surface area contributed by atoms with Crippen molar-refractivity contribution >= 4 is 34.2 Å². The average molecular weight is 471 g/mol. The Morgan fingerprint density at radius 2 is 1.76 bits per heavy atom. The SMILES string of the molecule is COC(=O)C1(O)CCN(c2nc(O)c3c(=O)[nH]cc(Nc4cc(OC)cc(OC)c4)c3n2)CC1. The number of esters is 1. The Bertz CT molecular complexity index is 1260. The van der Waals surface area contributed by atoms with Crippen LogP contribution < -0.4 is 25.2 Å². The minimum atomic E-state index is -1.58. The second-order valence-corrected chi connectivity index (χ2v) is 7.84. The number of benzene rings is 1. The molecule has 34 heavy (non-hydrogen) atoms. The van der Waals surface area contributed by atoms with Crippen molar-refractivity contribution in [3.8, 4) is 17.4 Å². The first-order valence-electron chi connectivity index (χ1n) is 10.5. The number of aliphatic hydroxyl groups is 1. The summed E-state index contributed by atoms with van der Waals surface area (Å²) >= 11 is 0. The van der Waals surface area contributed by atoms with Crippen molar-refractivity contribution in [2.45, 2.75) is 18.4 Å². The Labute approximate surface area is 194 Å². The normalized spacial score (nSPS) is 15.1. The van der Waals surface area contributed by atoms with Crippen LogP contribution in [-0.2, 0) is 9.53 Å². The molecule has 0 unspecified atom stereocenters. The van der Waals surface area contributed by atoms with E-state index in [1.807, 2.05) is 0 Å². The zero-order valence-corrected chi connectivity index (χ0v) is 18.9. The number of aromatic amines is 1. The molecule has 3 aromatic rings. The van der Waals surface area contributed by atoms with Gasteiger partial charge in [0.1, 0.15) is 22.4 Å². The number of aromatic hydroxyl groups is 1. The molecular weight excluding hydrogens is 446 g/mol. The number of aromatic nitrogens is 3. The number of methoxy groups -OCH3 is 3. The molecule has 4 N–H and O–H groups in total. The highest BCUT2D eigenvalue weighted by Gasteiger charge is 2.41. The standard InChI is InChI=1S/C22H25N5O7/c1-32-13-8-12(9-14(10-13)33-2)24-15-11-23-18(28)16-17(15)25-21(26-19(16)29)27-6-4-22(31,5-7-27)20(30)34-3/h8-11,24,31H,4-7H2,1-3H3,(H,23,28)(H,25,26,29). The van der Waals surface area contributed by atoms with E-state index >= 15 is 0 Å². The fourth-order valence-electron chi connectivity index (χ4n) is 3.86. The number of carbonyl (C=O) groups excluding carboxylic acids is 1. The Kier molecular flexibility index (Phi) is 6.16. The van der Waals surface area contributed by atoms with Crippen molar-refractivity contribution in [3.05, 3.63) is 34.7 Å². The average Bonchev–Trinajstić information content (AvgIpc) is 2.85. The Morgan fingerprint density at radius 1 is 1.12 bits per heavy atom. The van der Waals surface area contributed by atoms with E-state index in [4.69, 9.17) is 9.47 Å². The zero-order chi connectivity index (χ0) is 24.5. The third kappa shape index (κ3) is 4.27. The van der Waals surface area contributed by atoms with E-state index in [0.717, 1.165) is 0 Å². The number of nitrogens with zero attached hydrogens (tertiary/aromatic N) is 3. The molecule has 0 spiro atoms. The van der Waals surface area contributed by atoms with Crippen LogP contribution in [0.25, 0.3) is 10.9 Å². The van der Waals surface area contributed by atoms with Gasteiger partial charge in [-0.15, -0.1) is 0 Å². The summed E-state index contributed by atoms with van der Waals surface area (Å²) in [6.45, 7) is 0.491. The number of anilines is 3. The summed E-state index contributed by atoms with van der Waals surface area (Å²) < 4.78 is 15.3. The van der Waals surface area contributed by atoms with Gasteiger partial charge in [-0.3, -0.25) is 4.79 Å². The smallest absolute Gasteiger partial charge is 0.337 e. The molecule has 0 atom stereocenters. The Hall–Kier alpha value is -4.06. The van der Waals surface area contributed by atoms with E-state index in [1.165, 1.54) is 27.5 Å². The molecule has 0 bridgehead atoms. The number of carbonyl (C=O) groups is 1. The van der Waals surface area contributed by atoms with E-state index in [-0.39, 0.29) is 42.8 Å². The number of hydrogen-bond acceptors (Lipinski definition) is 11. The molecule has 1 saturated heterocycles. The van der Waals surface area contributed by atoms with Crippen molar-refractivity contribution in [2.75, 3.05) is 44.6 Å². The molecule has 1 aliphatic rings. The van der Waals surface area contributed by atoms with Gasteiger partial charge in [-0.05, 0) is 0 Å². The quantitative estimate of drug-likeness (QED) is 0.384. The number of fused-ring (bicyclic) bond motifs is 1. The number of pyridine rings is 1. The minimum Gasteiger partial charge on any atom is -0.497 e. The molecule has 3 heterocycles. The van der Waals surface area contributed by atoms with Gasteiger partial charge < -0.3 is 39.6 Å². The van der Waals surface area contributed by atoms with E-state index in [1.54, 1.807) is 23.1 Å². The number of piperidine rings is 1. The fraction of sp³-hybridized carbons (Fsp3) is 0.364. The maximum Gasteiger partial charge on any atom is 0.337 e. The minimum absolute atomic E-state index is 0.0771. The van der Waals surface area contributed by atoms with E-state index in [9.17, 15) is 19.8 Å². The summed E-state index contributed by atoms with van der Waals surface area (Å²) in [6, 6.07) is 5.19. The van der Waals surface area contributed by atoms with Gasteiger partial charge in [-0.2, -0.15) is 4.98 Å². The molecule has 4 rings (SSSR count). The number of H-pyrrole nitrogens is 1. The Balaban J connectivity index is 1.71. The maximum atomic E-state index is 12.4. The Morgan fingerprint density at radius 3 is 2.35 bits per heavy atom. The zero-order valence-electron chi connectivity index (χ0n) is 18.9. The number of rotatable bonds is 6. The summed E-state index contributed by atoms with van der Waals surface area (Å²) in [5.74, 6) is 0.0946. The summed E-state index contributed by atoms with van der Waals surface area (Å²) in [5.41, 5.74) is -0.926. The second-order valence-electron chi connectivity index (χ2n) is 7.84. The van der Waals surface area contributed by atoms with E-state index < -0.39 is 23.0 Å². The van der Waals surface area contributed by atoms with Crippen LogP contribution in [0.2, 0.25) is 0 Å². The molecule has 0 amide bonds. The molecule has 1 fully saturated rings. The second kappa shape index (κ2) is 9.06. The van der Waals surface area contributed by atoms with Gasteiger partial charge in [0, 0.05) is 56.0 Å². The predicted molar refractivity (Wildman–Crippen MR) is 123 cm³/mol. The van der Waals surface area contributed by atoms with Gasteiger partial charge in [0.15, 0.2) is 5.60 Å². The lowest BCUT2D eigenvalue weighted by Gasteiger charge is -2.36. The molecule has 0 saturated carbocycles. The van der Waals surface area contributed by atoms with Gasteiger partial charge >= 0.3 is 5.97 Å². The summed E-state index contributed by atoms with van der Waals surface area (Å²) in [6.07, 6.45) is 1.65. The molecule has 0 aliphatic carbocycles. The van der Waals surface area contributed by atoms with Crippen LogP contribution in [0.4, 0.5) is 17.3 Å². The maximum absolute atomic E-state index is 12.4. The third-order valence-electron chi connectivity index (χ3n) is 5.78. The van der Waals surface area contributed by atoms with Crippen LogP contribution in [0.5, 0.6) is 17.4 Å². The lowest BCUT2D eigenvalue weighted by molar-refractivity contribution is -0.164. The summed E-state index contributed by atoms with van der Waals surface area (Å²) in [7, 11) is 4.29. The largest absolute Gasteiger partial charge is 0.497 e. The van der Waals surface area contributed by atoms with Crippen LogP contribution in [0, 0.1) is 0 Å². The number of ether oxygens (including phenoxy) is 3. The number of hydrogen-bond donors (Lipinski definition) is 4. The predicted octanol–water partition coefficient (Wildman–Crippen LogP) is 1.29. The molecule has 180 valence electrons. The summed E-state index contributed by atoms with van der Waals surface area (Å²) in [4.78, 5) is 37.2. The first kappa shape index (κ1) is 23.1.